The maximum absolute atomic E-state index is 12.9. The maximum Gasteiger partial charge on any atom is 0.435 e. The Morgan fingerprint density at radius 2 is 1.84 bits per heavy atom. The highest BCUT2D eigenvalue weighted by Crippen LogP contribution is 2.32. The molecule has 0 radical (unpaired) electrons. The molecular formula is C18H12F3I2N5O2S. The fraction of sp³-hybridized carbons (Fsp3) is 0.167. The van der Waals surface area contributed by atoms with Crippen LogP contribution in [0.3, 0.4) is 0 Å². The van der Waals surface area contributed by atoms with Gasteiger partial charge in [0.15, 0.2) is 15.5 Å². The van der Waals surface area contributed by atoms with Gasteiger partial charge in [0.25, 0.3) is 0 Å². The Bertz CT molecular complexity index is 1410. The van der Waals surface area contributed by atoms with Gasteiger partial charge in [-0.05, 0) is 69.4 Å². The van der Waals surface area contributed by atoms with E-state index in [1.54, 1.807) is 4.40 Å². The van der Waals surface area contributed by atoms with Gasteiger partial charge >= 0.3 is 6.18 Å². The SMILES string of the molecule is CCS(=O)(=O)c1cc(-n2ccc(C(F)(F)F)n2)cnc1-c1nc2cc(I)ccn2c1I. The summed E-state index contributed by atoms with van der Waals surface area (Å²) in [6.45, 7) is 1.48. The summed E-state index contributed by atoms with van der Waals surface area (Å²) in [5.41, 5.74) is 0.147. The van der Waals surface area contributed by atoms with Crippen LogP contribution in [0.4, 0.5) is 13.2 Å². The van der Waals surface area contributed by atoms with Gasteiger partial charge in [-0.25, -0.2) is 18.1 Å². The molecule has 0 bridgehead atoms. The molecule has 7 nitrogen and oxygen atoms in total. The Morgan fingerprint density at radius 3 is 2.48 bits per heavy atom. The number of hydrogen-bond donors (Lipinski definition) is 0. The summed E-state index contributed by atoms with van der Waals surface area (Å²) in [5.74, 6) is -0.208. The third kappa shape index (κ3) is 4.18. The second kappa shape index (κ2) is 7.99. The number of imidazole rings is 1. The normalized spacial score (nSPS) is 12.6. The molecule has 0 saturated heterocycles. The highest BCUT2D eigenvalue weighted by Gasteiger charge is 2.34. The molecule has 4 aromatic rings. The van der Waals surface area contributed by atoms with Crippen molar-refractivity contribution in [2.75, 3.05) is 5.75 Å². The summed E-state index contributed by atoms with van der Waals surface area (Å²) >= 11 is 4.21. The summed E-state index contributed by atoms with van der Waals surface area (Å²) < 4.78 is 68.7. The van der Waals surface area contributed by atoms with Crippen LogP contribution in [0.5, 0.6) is 0 Å². The first-order valence-electron chi connectivity index (χ1n) is 8.71. The quantitative estimate of drug-likeness (QED) is 0.296. The van der Waals surface area contributed by atoms with Crippen molar-refractivity contribution in [3.8, 4) is 17.1 Å². The van der Waals surface area contributed by atoms with Crippen LogP contribution in [0, 0.1) is 7.27 Å². The molecule has 13 heteroatoms. The molecule has 0 atom stereocenters. The van der Waals surface area contributed by atoms with Gasteiger partial charge < -0.3 is 0 Å². The Morgan fingerprint density at radius 1 is 1.10 bits per heavy atom. The summed E-state index contributed by atoms with van der Waals surface area (Å²) in [4.78, 5) is 8.71. The van der Waals surface area contributed by atoms with Crippen molar-refractivity contribution in [1.82, 2.24) is 24.1 Å². The third-order valence-corrected chi connectivity index (χ3v) is 7.89. The van der Waals surface area contributed by atoms with Gasteiger partial charge in [0.1, 0.15) is 20.7 Å². The molecule has 0 N–H and O–H groups in total. The molecular weight excluding hydrogens is 661 g/mol. The lowest BCUT2D eigenvalue weighted by Gasteiger charge is -2.10. The predicted octanol–water partition coefficient (Wildman–Crippen LogP) is 4.60. The minimum Gasteiger partial charge on any atom is -0.294 e. The van der Waals surface area contributed by atoms with Crippen molar-refractivity contribution in [3.05, 3.63) is 55.8 Å². The standard InChI is InChI=1S/C18H12F3I2N5O2S/c1-2-31(29,30)12-8-11(28-6-4-13(26-28)18(19,20)21)9-24-15(12)16-17(23)27-5-3-10(22)7-14(27)25-16/h3-9H,2H2,1H3. The number of nitrogens with zero attached hydrogens (tertiary/aromatic N) is 5. The van der Waals surface area contributed by atoms with Gasteiger partial charge in [-0.3, -0.25) is 9.38 Å². The van der Waals surface area contributed by atoms with E-state index in [1.165, 1.54) is 19.2 Å². The number of rotatable bonds is 4. The van der Waals surface area contributed by atoms with Crippen LogP contribution in [-0.4, -0.2) is 38.3 Å². The molecule has 0 aromatic carbocycles. The van der Waals surface area contributed by atoms with Gasteiger partial charge in [0.05, 0.1) is 22.5 Å². The summed E-state index contributed by atoms with van der Waals surface area (Å²) in [6, 6.07) is 5.82. The number of halogens is 5. The third-order valence-electron chi connectivity index (χ3n) is 4.45. The van der Waals surface area contributed by atoms with Crippen molar-refractivity contribution in [1.29, 1.82) is 0 Å². The minimum absolute atomic E-state index is 0.0968. The number of aromatic nitrogens is 5. The Labute approximate surface area is 201 Å². The van der Waals surface area contributed by atoms with E-state index >= 15 is 0 Å². The van der Waals surface area contributed by atoms with Crippen LogP contribution in [0.25, 0.3) is 22.7 Å². The van der Waals surface area contributed by atoms with Crippen molar-refractivity contribution in [2.24, 2.45) is 0 Å². The molecule has 0 aliphatic heterocycles. The molecule has 0 amide bonds. The Balaban J connectivity index is 1.92. The summed E-state index contributed by atoms with van der Waals surface area (Å²) in [6.07, 6.45) is -0.402. The Kier molecular flexibility index (Phi) is 5.78. The van der Waals surface area contributed by atoms with Gasteiger partial charge in [-0.1, -0.05) is 6.92 Å². The topological polar surface area (TPSA) is 82.1 Å². The summed E-state index contributed by atoms with van der Waals surface area (Å²) in [5, 5.41) is 3.50. The second-order valence-electron chi connectivity index (χ2n) is 6.41. The van der Waals surface area contributed by atoms with Crippen LogP contribution in [0.2, 0.25) is 0 Å². The molecule has 4 heterocycles. The zero-order valence-electron chi connectivity index (χ0n) is 15.6. The highest BCUT2D eigenvalue weighted by atomic mass is 127. The number of alkyl halides is 3. The summed E-state index contributed by atoms with van der Waals surface area (Å²) in [7, 11) is -3.77. The predicted molar refractivity (Wildman–Crippen MR) is 124 cm³/mol. The van der Waals surface area contributed by atoms with Crippen LogP contribution >= 0.6 is 45.2 Å². The lowest BCUT2D eigenvalue weighted by atomic mass is 10.3. The zero-order chi connectivity index (χ0) is 22.6. The van der Waals surface area contributed by atoms with Crippen LogP contribution in [-0.2, 0) is 16.0 Å². The van der Waals surface area contributed by atoms with Crippen molar-refractivity contribution in [3.63, 3.8) is 0 Å². The molecule has 0 aliphatic rings. The average Bonchev–Trinajstić information content (AvgIpc) is 3.33. The molecule has 31 heavy (non-hydrogen) atoms. The minimum atomic E-state index is -4.61. The fourth-order valence-electron chi connectivity index (χ4n) is 2.89. The first-order valence-corrected chi connectivity index (χ1v) is 12.5. The molecule has 4 rings (SSSR count). The molecule has 0 unspecified atom stereocenters. The molecule has 0 fully saturated rings. The van der Waals surface area contributed by atoms with E-state index in [2.05, 4.69) is 60.2 Å². The van der Waals surface area contributed by atoms with E-state index in [0.29, 0.717) is 15.0 Å². The van der Waals surface area contributed by atoms with E-state index < -0.39 is 21.7 Å². The Hall–Kier alpha value is -1.75. The smallest absolute Gasteiger partial charge is 0.294 e. The van der Waals surface area contributed by atoms with E-state index in [-0.39, 0.29) is 22.0 Å². The molecule has 4 aromatic heterocycles. The van der Waals surface area contributed by atoms with Gasteiger partial charge in [-0.15, -0.1) is 0 Å². The van der Waals surface area contributed by atoms with Gasteiger partial charge in [0, 0.05) is 16.0 Å². The first kappa shape index (κ1) is 22.4. The van der Waals surface area contributed by atoms with Crippen molar-refractivity contribution < 1.29 is 21.6 Å². The van der Waals surface area contributed by atoms with Gasteiger partial charge in [-0.2, -0.15) is 18.3 Å². The monoisotopic (exact) mass is 673 g/mol. The number of sulfone groups is 1. The van der Waals surface area contributed by atoms with E-state index in [1.807, 2.05) is 18.3 Å². The molecule has 0 aliphatic carbocycles. The zero-order valence-corrected chi connectivity index (χ0v) is 20.7. The number of fused-ring (bicyclic) bond motifs is 1. The first-order chi connectivity index (χ1) is 14.5. The number of pyridine rings is 2. The largest absolute Gasteiger partial charge is 0.435 e. The average molecular weight is 673 g/mol. The lowest BCUT2D eigenvalue weighted by Crippen LogP contribution is -2.10. The van der Waals surface area contributed by atoms with Gasteiger partial charge in [0.2, 0.25) is 0 Å². The van der Waals surface area contributed by atoms with E-state index in [0.717, 1.165) is 20.5 Å². The maximum atomic E-state index is 12.9. The number of hydrogen-bond acceptors (Lipinski definition) is 5. The van der Waals surface area contributed by atoms with Crippen LogP contribution in [0.15, 0.2) is 47.8 Å². The molecule has 162 valence electrons. The van der Waals surface area contributed by atoms with Crippen LogP contribution in [0.1, 0.15) is 12.6 Å². The van der Waals surface area contributed by atoms with E-state index in [4.69, 9.17) is 0 Å². The molecule has 0 spiro atoms. The molecule has 0 saturated carbocycles. The van der Waals surface area contributed by atoms with E-state index in [9.17, 15) is 21.6 Å². The highest BCUT2D eigenvalue weighted by molar-refractivity contribution is 14.1. The van der Waals surface area contributed by atoms with Crippen molar-refractivity contribution >= 4 is 60.7 Å². The fourth-order valence-corrected chi connectivity index (χ4v) is 5.17. The lowest BCUT2D eigenvalue weighted by molar-refractivity contribution is -0.141. The van der Waals surface area contributed by atoms with Crippen LogP contribution < -0.4 is 0 Å². The second-order valence-corrected chi connectivity index (χ2v) is 10.9. The van der Waals surface area contributed by atoms with Crippen molar-refractivity contribution in [2.45, 2.75) is 18.0 Å².